The summed E-state index contributed by atoms with van der Waals surface area (Å²) >= 11 is 6.26. The molecule has 0 aromatic heterocycles. The summed E-state index contributed by atoms with van der Waals surface area (Å²) in [5, 5.41) is 3.75. The van der Waals surface area contributed by atoms with Crippen LogP contribution in [0.3, 0.4) is 0 Å². The van der Waals surface area contributed by atoms with Crippen LogP contribution in [0.15, 0.2) is 35.9 Å². The standard InChI is InChI=1S/C18H26ClN3O/c1-15(2)14-18(23)20-8-5-9-21-10-12-22(13-11-21)17-7-4-3-6-16(17)19/h3-4,6-7,14H,5,8-13H2,1-2H3,(H,20,23). The number of anilines is 1. The van der Waals surface area contributed by atoms with Crippen molar-refractivity contribution in [1.82, 2.24) is 10.2 Å². The van der Waals surface area contributed by atoms with Crippen LogP contribution < -0.4 is 10.2 Å². The number of allylic oxidation sites excluding steroid dienone is 1. The zero-order valence-electron chi connectivity index (χ0n) is 14.0. The molecule has 1 amide bonds. The van der Waals surface area contributed by atoms with Crippen molar-refractivity contribution in [1.29, 1.82) is 0 Å². The van der Waals surface area contributed by atoms with E-state index in [9.17, 15) is 4.79 Å². The van der Waals surface area contributed by atoms with E-state index in [1.807, 2.05) is 32.0 Å². The van der Waals surface area contributed by atoms with Crippen LogP contribution in [0.2, 0.25) is 5.02 Å². The first kappa shape index (κ1) is 17.8. The summed E-state index contributed by atoms with van der Waals surface area (Å²) in [4.78, 5) is 16.3. The predicted octanol–water partition coefficient (Wildman–Crippen LogP) is 2.93. The zero-order valence-corrected chi connectivity index (χ0v) is 14.8. The Labute approximate surface area is 144 Å². The fourth-order valence-electron chi connectivity index (χ4n) is 2.75. The molecule has 4 nitrogen and oxygen atoms in total. The minimum Gasteiger partial charge on any atom is -0.368 e. The van der Waals surface area contributed by atoms with Gasteiger partial charge in [0.15, 0.2) is 0 Å². The lowest BCUT2D eigenvalue weighted by Crippen LogP contribution is -2.47. The lowest BCUT2D eigenvalue weighted by atomic mass is 10.2. The molecule has 5 heteroatoms. The molecular weight excluding hydrogens is 310 g/mol. The van der Waals surface area contributed by atoms with Crippen LogP contribution in [-0.2, 0) is 4.79 Å². The molecule has 1 heterocycles. The van der Waals surface area contributed by atoms with Crippen LogP contribution in [0.1, 0.15) is 20.3 Å². The number of carbonyl (C=O) groups excluding carboxylic acids is 1. The van der Waals surface area contributed by atoms with Crippen LogP contribution in [0, 0.1) is 0 Å². The van der Waals surface area contributed by atoms with Crippen molar-refractivity contribution in [2.75, 3.05) is 44.2 Å². The molecule has 2 rings (SSSR count). The van der Waals surface area contributed by atoms with E-state index in [0.717, 1.165) is 62.0 Å². The molecule has 0 spiro atoms. The maximum Gasteiger partial charge on any atom is 0.243 e. The van der Waals surface area contributed by atoms with Gasteiger partial charge in [0.2, 0.25) is 5.91 Å². The van der Waals surface area contributed by atoms with Gasteiger partial charge in [-0.2, -0.15) is 0 Å². The number of amides is 1. The first-order chi connectivity index (χ1) is 11.1. The van der Waals surface area contributed by atoms with E-state index in [2.05, 4.69) is 21.2 Å². The Kier molecular flexibility index (Phi) is 6.93. The first-order valence-electron chi connectivity index (χ1n) is 8.21. The molecule has 1 saturated heterocycles. The van der Waals surface area contributed by atoms with Gasteiger partial charge in [0.25, 0.3) is 0 Å². The zero-order chi connectivity index (χ0) is 16.7. The normalized spacial score (nSPS) is 15.3. The number of hydrogen-bond donors (Lipinski definition) is 1. The number of hydrogen-bond acceptors (Lipinski definition) is 3. The molecule has 0 saturated carbocycles. The molecule has 0 aliphatic carbocycles. The number of para-hydroxylation sites is 1. The topological polar surface area (TPSA) is 35.6 Å². The van der Waals surface area contributed by atoms with Crippen molar-refractivity contribution in [3.05, 3.63) is 40.9 Å². The Morgan fingerprint density at radius 3 is 2.57 bits per heavy atom. The lowest BCUT2D eigenvalue weighted by molar-refractivity contribution is -0.116. The third-order valence-electron chi connectivity index (χ3n) is 3.94. The highest BCUT2D eigenvalue weighted by atomic mass is 35.5. The van der Waals surface area contributed by atoms with Gasteiger partial charge < -0.3 is 10.2 Å². The van der Waals surface area contributed by atoms with Gasteiger partial charge in [-0.15, -0.1) is 0 Å². The molecule has 0 radical (unpaired) electrons. The largest absolute Gasteiger partial charge is 0.368 e. The van der Waals surface area contributed by atoms with Gasteiger partial charge in [0, 0.05) is 38.8 Å². The fourth-order valence-corrected chi connectivity index (χ4v) is 3.00. The average molecular weight is 336 g/mol. The fraction of sp³-hybridized carbons (Fsp3) is 0.500. The third-order valence-corrected chi connectivity index (χ3v) is 4.26. The summed E-state index contributed by atoms with van der Waals surface area (Å²) in [6.07, 6.45) is 2.62. The van der Waals surface area contributed by atoms with E-state index < -0.39 is 0 Å². The maximum atomic E-state index is 11.5. The van der Waals surface area contributed by atoms with E-state index in [1.165, 1.54) is 0 Å². The number of carbonyl (C=O) groups is 1. The van der Waals surface area contributed by atoms with E-state index in [1.54, 1.807) is 6.08 Å². The molecule has 0 atom stereocenters. The first-order valence-corrected chi connectivity index (χ1v) is 8.58. The summed E-state index contributed by atoms with van der Waals surface area (Å²) in [6, 6.07) is 8.02. The molecule has 0 bridgehead atoms. The molecule has 0 unspecified atom stereocenters. The second-order valence-electron chi connectivity index (χ2n) is 6.15. The number of halogens is 1. The van der Waals surface area contributed by atoms with Gasteiger partial charge in [-0.3, -0.25) is 9.69 Å². The van der Waals surface area contributed by atoms with Crippen molar-refractivity contribution < 1.29 is 4.79 Å². The van der Waals surface area contributed by atoms with Crippen molar-refractivity contribution in [3.8, 4) is 0 Å². The summed E-state index contributed by atoms with van der Waals surface area (Å²) in [5.41, 5.74) is 2.15. The highest BCUT2D eigenvalue weighted by Gasteiger charge is 2.18. The Hall–Kier alpha value is -1.52. The van der Waals surface area contributed by atoms with E-state index in [0.29, 0.717) is 0 Å². The Bertz CT molecular complexity index is 547. The Balaban J connectivity index is 1.66. The molecule has 1 aromatic carbocycles. The van der Waals surface area contributed by atoms with Gasteiger partial charge in [-0.1, -0.05) is 29.3 Å². The minimum absolute atomic E-state index is 0.00791. The Morgan fingerprint density at radius 2 is 1.91 bits per heavy atom. The SMILES string of the molecule is CC(C)=CC(=O)NCCCN1CCN(c2ccccc2Cl)CC1. The predicted molar refractivity (Wildman–Crippen MR) is 97.2 cm³/mol. The smallest absolute Gasteiger partial charge is 0.243 e. The van der Waals surface area contributed by atoms with Crippen molar-refractivity contribution in [3.63, 3.8) is 0 Å². The van der Waals surface area contributed by atoms with Crippen molar-refractivity contribution in [2.45, 2.75) is 20.3 Å². The number of nitrogens with zero attached hydrogens (tertiary/aromatic N) is 2. The molecular formula is C18H26ClN3O. The van der Waals surface area contributed by atoms with E-state index in [-0.39, 0.29) is 5.91 Å². The second kappa shape index (κ2) is 8.94. The molecule has 23 heavy (non-hydrogen) atoms. The number of rotatable bonds is 6. The van der Waals surface area contributed by atoms with E-state index in [4.69, 9.17) is 11.6 Å². The summed E-state index contributed by atoms with van der Waals surface area (Å²) in [6.45, 7) is 9.66. The summed E-state index contributed by atoms with van der Waals surface area (Å²) in [7, 11) is 0. The van der Waals surface area contributed by atoms with Crippen molar-refractivity contribution >= 4 is 23.2 Å². The van der Waals surface area contributed by atoms with E-state index >= 15 is 0 Å². The summed E-state index contributed by atoms with van der Waals surface area (Å²) < 4.78 is 0. The molecule has 126 valence electrons. The highest BCUT2D eigenvalue weighted by molar-refractivity contribution is 6.33. The van der Waals surface area contributed by atoms with Gasteiger partial charge in [0.05, 0.1) is 10.7 Å². The highest BCUT2D eigenvalue weighted by Crippen LogP contribution is 2.25. The number of piperazine rings is 1. The molecule has 1 fully saturated rings. The van der Waals surface area contributed by atoms with Gasteiger partial charge in [-0.05, 0) is 38.9 Å². The third kappa shape index (κ3) is 5.88. The quantitative estimate of drug-likeness (QED) is 0.641. The molecule has 1 aromatic rings. The summed E-state index contributed by atoms with van der Waals surface area (Å²) in [5.74, 6) is 0.00791. The second-order valence-corrected chi connectivity index (χ2v) is 6.55. The average Bonchev–Trinajstić information content (AvgIpc) is 2.52. The number of benzene rings is 1. The van der Waals surface area contributed by atoms with Gasteiger partial charge in [-0.25, -0.2) is 0 Å². The van der Waals surface area contributed by atoms with Crippen LogP contribution in [0.25, 0.3) is 0 Å². The Morgan fingerprint density at radius 1 is 1.22 bits per heavy atom. The van der Waals surface area contributed by atoms with Crippen LogP contribution in [0.5, 0.6) is 0 Å². The molecule has 1 aliphatic heterocycles. The maximum absolute atomic E-state index is 11.5. The minimum atomic E-state index is 0.00791. The van der Waals surface area contributed by atoms with Crippen LogP contribution >= 0.6 is 11.6 Å². The molecule has 1 aliphatic rings. The van der Waals surface area contributed by atoms with Crippen LogP contribution in [-0.4, -0.2) is 50.1 Å². The number of nitrogens with one attached hydrogen (secondary N) is 1. The lowest BCUT2D eigenvalue weighted by Gasteiger charge is -2.36. The van der Waals surface area contributed by atoms with Crippen molar-refractivity contribution in [2.24, 2.45) is 0 Å². The van der Waals surface area contributed by atoms with Gasteiger partial charge >= 0.3 is 0 Å². The van der Waals surface area contributed by atoms with Crippen LogP contribution in [0.4, 0.5) is 5.69 Å². The van der Waals surface area contributed by atoms with Gasteiger partial charge in [0.1, 0.15) is 0 Å². The monoisotopic (exact) mass is 335 g/mol. The molecule has 1 N–H and O–H groups in total.